The predicted molar refractivity (Wildman–Crippen MR) is 131 cm³/mol. The molecular formula is C26H28NO6P. The fourth-order valence-corrected chi connectivity index (χ4v) is 4.53. The number of carbonyl (C=O) groups excluding carboxylic acids is 2. The number of amides is 1. The molecule has 34 heavy (non-hydrogen) atoms. The molecule has 0 saturated carbocycles. The molecule has 0 aliphatic rings. The van der Waals surface area contributed by atoms with E-state index in [9.17, 15) is 14.2 Å². The molecule has 3 rings (SSSR count). The average Bonchev–Trinajstić information content (AvgIpc) is 2.89. The Morgan fingerprint density at radius 1 is 0.794 bits per heavy atom. The number of nitrogens with one attached hydrogen (secondary N) is 1. The van der Waals surface area contributed by atoms with Gasteiger partial charge in [-0.3, -0.25) is 9.36 Å². The van der Waals surface area contributed by atoms with E-state index in [0.29, 0.717) is 11.1 Å². The lowest BCUT2D eigenvalue weighted by molar-refractivity contribution is -0.142. The van der Waals surface area contributed by atoms with E-state index >= 15 is 0 Å². The van der Waals surface area contributed by atoms with Crippen molar-refractivity contribution in [1.29, 1.82) is 0 Å². The van der Waals surface area contributed by atoms with Crippen LogP contribution in [0.2, 0.25) is 0 Å². The molecule has 3 aromatic rings. The standard InChI is InChI=1S/C26H28NO6P/c1-31-26(29)24(17-19-9-13-22(14-10-19)21-7-5-4-6-8-21)27-25(28)23-15-11-20(12-16-23)18-34(30,32-2)33-3/h4-16,24H,17-18H2,1-3H3,(H,27,28)/t24-/m0/s1. The summed E-state index contributed by atoms with van der Waals surface area (Å²) >= 11 is 0. The van der Waals surface area contributed by atoms with Crippen LogP contribution in [0.5, 0.6) is 0 Å². The van der Waals surface area contributed by atoms with Crippen LogP contribution in [0.4, 0.5) is 0 Å². The van der Waals surface area contributed by atoms with Crippen LogP contribution in [0, 0.1) is 0 Å². The first kappa shape index (κ1) is 25.4. The van der Waals surface area contributed by atoms with Crippen LogP contribution in [-0.4, -0.2) is 39.2 Å². The third kappa shape index (κ3) is 6.64. The summed E-state index contributed by atoms with van der Waals surface area (Å²) in [6.07, 6.45) is 0.377. The SMILES string of the molecule is COC(=O)[C@H](Cc1ccc(-c2ccccc2)cc1)NC(=O)c1ccc(CP(=O)(OC)OC)cc1. The monoisotopic (exact) mass is 481 g/mol. The van der Waals surface area contributed by atoms with Crippen molar-refractivity contribution in [1.82, 2.24) is 5.32 Å². The third-order valence-electron chi connectivity index (χ3n) is 5.44. The van der Waals surface area contributed by atoms with E-state index in [1.807, 2.05) is 54.6 Å². The number of esters is 1. The number of rotatable bonds is 10. The van der Waals surface area contributed by atoms with Crippen LogP contribution in [0.15, 0.2) is 78.9 Å². The normalized spacial score (nSPS) is 12.1. The van der Waals surface area contributed by atoms with Crippen LogP contribution >= 0.6 is 7.60 Å². The summed E-state index contributed by atoms with van der Waals surface area (Å²) in [7, 11) is 0.740. The van der Waals surface area contributed by atoms with Gasteiger partial charge >= 0.3 is 13.6 Å². The number of methoxy groups -OCH3 is 1. The second-order valence-corrected chi connectivity index (χ2v) is 9.92. The molecule has 0 unspecified atom stereocenters. The van der Waals surface area contributed by atoms with Gasteiger partial charge in [-0.2, -0.15) is 0 Å². The first-order chi connectivity index (χ1) is 16.4. The van der Waals surface area contributed by atoms with Gasteiger partial charge in [0.25, 0.3) is 5.91 Å². The van der Waals surface area contributed by atoms with Gasteiger partial charge in [0.2, 0.25) is 0 Å². The topological polar surface area (TPSA) is 90.9 Å². The maximum absolute atomic E-state index is 12.8. The van der Waals surface area contributed by atoms with Crippen molar-refractivity contribution in [3.05, 3.63) is 95.6 Å². The second kappa shape index (κ2) is 11.7. The Kier molecular flexibility index (Phi) is 8.77. The van der Waals surface area contributed by atoms with Gasteiger partial charge in [0.05, 0.1) is 13.3 Å². The summed E-state index contributed by atoms with van der Waals surface area (Å²) in [6.45, 7) is 0. The molecule has 0 bridgehead atoms. The quantitative estimate of drug-likeness (QED) is 0.329. The summed E-state index contributed by atoms with van der Waals surface area (Å²) in [5.74, 6) is -0.942. The molecule has 0 aromatic heterocycles. The van der Waals surface area contributed by atoms with Gasteiger partial charge in [-0.05, 0) is 34.4 Å². The Hall–Kier alpha value is -3.25. The van der Waals surface area contributed by atoms with Crippen LogP contribution in [0.3, 0.4) is 0 Å². The lowest BCUT2D eigenvalue weighted by Gasteiger charge is -2.17. The van der Waals surface area contributed by atoms with E-state index in [1.54, 1.807) is 24.3 Å². The molecule has 0 saturated heterocycles. The van der Waals surface area contributed by atoms with Crippen molar-refractivity contribution in [3.63, 3.8) is 0 Å². The van der Waals surface area contributed by atoms with Crippen molar-refractivity contribution in [2.45, 2.75) is 18.6 Å². The molecule has 7 nitrogen and oxygen atoms in total. The Morgan fingerprint density at radius 2 is 1.35 bits per heavy atom. The number of carbonyl (C=O) groups is 2. The summed E-state index contributed by atoms with van der Waals surface area (Å²) in [5.41, 5.74) is 4.12. The van der Waals surface area contributed by atoms with E-state index in [-0.39, 0.29) is 12.6 Å². The van der Waals surface area contributed by atoms with E-state index in [4.69, 9.17) is 13.8 Å². The molecule has 8 heteroatoms. The molecule has 1 amide bonds. The Morgan fingerprint density at radius 3 is 1.91 bits per heavy atom. The zero-order chi connectivity index (χ0) is 24.6. The fourth-order valence-electron chi connectivity index (χ4n) is 3.47. The molecule has 0 radical (unpaired) electrons. The van der Waals surface area contributed by atoms with Crippen LogP contribution in [-0.2, 0) is 35.7 Å². The highest BCUT2D eigenvalue weighted by molar-refractivity contribution is 7.52. The van der Waals surface area contributed by atoms with Crippen molar-refractivity contribution >= 4 is 19.5 Å². The van der Waals surface area contributed by atoms with Crippen LogP contribution in [0.25, 0.3) is 11.1 Å². The van der Waals surface area contributed by atoms with Crippen LogP contribution in [0.1, 0.15) is 21.5 Å². The van der Waals surface area contributed by atoms with Crippen LogP contribution < -0.4 is 5.32 Å². The molecule has 0 heterocycles. The maximum Gasteiger partial charge on any atom is 0.334 e. The van der Waals surface area contributed by atoms with Crippen molar-refractivity contribution < 1.29 is 27.9 Å². The molecule has 1 atom stereocenters. The molecule has 0 aliphatic heterocycles. The second-order valence-electron chi connectivity index (χ2n) is 7.65. The fraction of sp³-hybridized carbons (Fsp3) is 0.231. The van der Waals surface area contributed by atoms with E-state index in [2.05, 4.69) is 5.32 Å². The van der Waals surface area contributed by atoms with E-state index in [0.717, 1.165) is 16.7 Å². The Balaban J connectivity index is 1.68. The first-order valence-electron chi connectivity index (χ1n) is 10.7. The van der Waals surface area contributed by atoms with E-state index < -0.39 is 25.5 Å². The first-order valence-corrected chi connectivity index (χ1v) is 12.4. The minimum absolute atomic E-state index is 0.0889. The molecule has 1 N–H and O–H groups in total. The van der Waals surface area contributed by atoms with Gasteiger partial charge in [-0.1, -0.05) is 66.7 Å². The molecule has 0 fully saturated rings. The Labute approximate surface area is 199 Å². The Bertz CT molecular complexity index is 1140. The number of hydrogen-bond donors (Lipinski definition) is 1. The number of hydrogen-bond acceptors (Lipinski definition) is 6. The molecule has 0 spiro atoms. The average molecular weight is 481 g/mol. The van der Waals surface area contributed by atoms with Gasteiger partial charge in [0, 0.05) is 26.2 Å². The maximum atomic E-state index is 12.8. The summed E-state index contributed by atoms with van der Waals surface area (Å²) in [5, 5.41) is 2.75. The predicted octanol–water partition coefficient (Wildman–Crippen LogP) is 4.85. The lowest BCUT2D eigenvalue weighted by atomic mass is 10.0. The summed E-state index contributed by atoms with van der Waals surface area (Å²) in [4.78, 5) is 25.1. The largest absolute Gasteiger partial charge is 0.467 e. The zero-order valence-electron chi connectivity index (χ0n) is 19.4. The van der Waals surface area contributed by atoms with Gasteiger partial charge < -0.3 is 19.1 Å². The molecule has 3 aromatic carbocycles. The number of benzene rings is 3. The third-order valence-corrected chi connectivity index (χ3v) is 7.31. The van der Waals surface area contributed by atoms with Crippen molar-refractivity contribution in [2.75, 3.05) is 21.3 Å². The van der Waals surface area contributed by atoms with Gasteiger partial charge in [0.1, 0.15) is 6.04 Å². The summed E-state index contributed by atoms with van der Waals surface area (Å²) < 4.78 is 27.1. The van der Waals surface area contributed by atoms with Gasteiger partial charge in [0.15, 0.2) is 0 Å². The highest BCUT2D eigenvalue weighted by atomic mass is 31.2. The lowest BCUT2D eigenvalue weighted by Crippen LogP contribution is -2.43. The zero-order valence-corrected chi connectivity index (χ0v) is 20.3. The molecular weight excluding hydrogens is 453 g/mol. The molecule has 178 valence electrons. The van der Waals surface area contributed by atoms with Gasteiger partial charge in [-0.15, -0.1) is 0 Å². The minimum Gasteiger partial charge on any atom is -0.467 e. The minimum atomic E-state index is -3.21. The van der Waals surface area contributed by atoms with Crippen molar-refractivity contribution in [2.24, 2.45) is 0 Å². The molecule has 0 aliphatic carbocycles. The summed E-state index contributed by atoms with van der Waals surface area (Å²) in [6, 6.07) is 23.5. The smallest absolute Gasteiger partial charge is 0.334 e. The highest BCUT2D eigenvalue weighted by Gasteiger charge is 2.24. The number of ether oxygens (including phenoxy) is 1. The van der Waals surface area contributed by atoms with Gasteiger partial charge in [-0.25, -0.2) is 4.79 Å². The highest BCUT2D eigenvalue weighted by Crippen LogP contribution is 2.49. The van der Waals surface area contributed by atoms with E-state index in [1.165, 1.54) is 21.3 Å². The van der Waals surface area contributed by atoms with Crippen molar-refractivity contribution in [3.8, 4) is 11.1 Å².